The van der Waals surface area contributed by atoms with Crippen LogP contribution in [0.1, 0.15) is 20.8 Å². The average Bonchev–Trinajstić information content (AvgIpc) is 2.36. The molecule has 1 amide bonds. The Balaban J connectivity index is 2.68. The van der Waals surface area contributed by atoms with E-state index in [1.807, 2.05) is 0 Å². The first-order valence-corrected chi connectivity index (χ1v) is 7.93. The summed E-state index contributed by atoms with van der Waals surface area (Å²) in [5.41, 5.74) is 1.12. The van der Waals surface area contributed by atoms with E-state index in [0.29, 0.717) is 5.69 Å². The fraction of sp³-hybridized carbons (Fsp3) is 0.286. The van der Waals surface area contributed by atoms with Crippen molar-refractivity contribution in [3.63, 3.8) is 0 Å². The molecule has 8 heteroatoms. The van der Waals surface area contributed by atoms with E-state index in [1.165, 1.54) is 37.3 Å². The minimum atomic E-state index is -3.78. The molecule has 0 radical (unpaired) electrons. The first kappa shape index (κ1) is 17.9. The molecule has 22 heavy (non-hydrogen) atoms. The van der Waals surface area contributed by atoms with E-state index in [1.54, 1.807) is 13.8 Å². The lowest BCUT2D eigenvalue weighted by Crippen LogP contribution is -2.29. The molecule has 0 saturated heterocycles. The van der Waals surface area contributed by atoms with Crippen LogP contribution in [0, 0.1) is 0 Å². The zero-order valence-corrected chi connectivity index (χ0v) is 13.3. The Labute approximate surface area is 129 Å². The number of sulfonamides is 1. The summed E-state index contributed by atoms with van der Waals surface area (Å²) < 4.78 is 27.2. The van der Waals surface area contributed by atoms with Crippen LogP contribution in [0.5, 0.6) is 0 Å². The summed E-state index contributed by atoms with van der Waals surface area (Å²) in [6, 6.07) is 5.32. The highest BCUT2D eigenvalue weighted by Crippen LogP contribution is 2.13. The SMILES string of the molecule is CC(C)=CC(=O)O[C@H](C)C(=O)Nc1ccc(S(N)(=O)=O)cc1. The number of nitrogens with two attached hydrogens (primary N) is 1. The number of carbonyl (C=O) groups is 2. The van der Waals surface area contributed by atoms with E-state index < -0.39 is 28.0 Å². The summed E-state index contributed by atoms with van der Waals surface area (Å²) in [7, 11) is -3.78. The van der Waals surface area contributed by atoms with Crippen molar-refractivity contribution in [1.82, 2.24) is 0 Å². The minimum absolute atomic E-state index is 0.0615. The second-order valence-electron chi connectivity index (χ2n) is 4.86. The molecular weight excluding hydrogens is 308 g/mol. The monoisotopic (exact) mass is 326 g/mol. The highest BCUT2D eigenvalue weighted by Gasteiger charge is 2.17. The number of anilines is 1. The molecule has 120 valence electrons. The molecular formula is C14H18N2O5S. The number of hydrogen-bond acceptors (Lipinski definition) is 5. The highest BCUT2D eigenvalue weighted by molar-refractivity contribution is 7.89. The number of esters is 1. The number of allylic oxidation sites excluding steroid dienone is 1. The van der Waals surface area contributed by atoms with Gasteiger partial charge in [0.15, 0.2) is 6.10 Å². The first-order valence-electron chi connectivity index (χ1n) is 6.39. The van der Waals surface area contributed by atoms with Crippen LogP contribution in [0.15, 0.2) is 40.8 Å². The van der Waals surface area contributed by atoms with Gasteiger partial charge in [-0.25, -0.2) is 18.4 Å². The number of nitrogens with one attached hydrogen (secondary N) is 1. The normalized spacial score (nSPS) is 12.2. The zero-order chi connectivity index (χ0) is 16.9. The molecule has 0 heterocycles. The molecule has 3 N–H and O–H groups in total. The third-order valence-corrected chi connectivity index (χ3v) is 3.45. The van der Waals surface area contributed by atoms with Crippen LogP contribution in [0.25, 0.3) is 0 Å². The molecule has 1 rings (SSSR count). The molecule has 1 aromatic rings. The van der Waals surface area contributed by atoms with Gasteiger partial charge in [-0.05, 0) is 45.0 Å². The van der Waals surface area contributed by atoms with Crippen molar-refractivity contribution in [1.29, 1.82) is 0 Å². The van der Waals surface area contributed by atoms with Crippen LogP contribution in [-0.4, -0.2) is 26.4 Å². The average molecular weight is 326 g/mol. The van der Waals surface area contributed by atoms with Crippen LogP contribution < -0.4 is 10.5 Å². The lowest BCUT2D eigenvalue weighted by molar-refractivity contribution is -0.148. The molecule has 0 spiro atoms. The van der Waals surface area contributed by atoms with Crippen molar-refractivity contribution < 1.29 is 22.7 Å². The van der Waals surface area contributed by atoms with E-state index in [2.05, 4.69) is 5.32 Å². The quantitative estimate of drug-likeness (QED) is 0.622. The van der Waals surface area contributed by atoms with Crippen LogP contribution >= 0.6 is 0 Å². The predicted octanol–water partition coefficient (Wildman–Crippen LogP) is 1.17. The Bertz CT molecular complexity index is 688. The summed E-state index contributed by atoms with van der Waals surface area (Å²) >= 11 is 0. The molecule has 0 unspecified atom stereocenters. The van der Waals surface area contributed by atoms with E-state index in [9.17, 15) is 18.0 Å². The second kappa shape index (κ2) is 7.19. The molecule has 0 bridgehead atoms. The van der Waals surface area contributed by atoms with Gasteiger partial charge in [0.25, 0.3) is 5.91 Å². The number of primary sulfonamides is 1. The maximum absolute atomic E-state index is 11.9. The fourth-order valence-corrected chi connectivity index (χ4v) is 1.98. The summed E-state index contributed by atoms with van der Waals surface area (Å²) in [4.78, 5) is 23.2. The van der Waals surface area contributed by atoms with Crippen molar-refractivity contribution in [2.24, 2.45) is 5.14 Å². The molecule has 0 aliphatic heterocycles. The van der Waals surface area contributed by atoms with Crippen molar-refractivity contribution in [2.45, 2.75) is 31.8 Å². The molecule has 0 saturated carbocycles. The van der Waals surface area contributed by atoms with Gasteiger partial charge in [0.2, 0.25) is 10.0 Å². The predicted molar refractivity (Wildman–Crippen MR) is 81.4 cm³/mol. The molecule has 0 aliphatic rings. The van der Waals surface area contributed by atoms with Gasteiger partial charge in [0.1, 0.15) is 0 Å². The van der Waals surface area contributed by atoms with E-state index in [4.69, 9.17) is 9.88 Å². The second-order valence-corrected chi connectivity index (χ2v) is 6.42. The number of rotatable bonds is 5. The molecule has 1 atom stereocenters. The topological polar surface area (TPSA) is 116 Å². The maximum atomic E-state index is 11.9. The molecule has 7 nitrogen and oxygen atoms in total. The van der Waals surface area contributed by atoms with E-state index >= 15 is 0 Å². The fourth-order valence-electron chi connectivity index (χ4n) is 1.47. The maximum Gasteiger partial charge on any atom is 0.331 e. The number of carbonyl (C=O) groups excluding carboxylic acids is 2. The summed E-state index contributed by atoms with van der Waals surface area (Å²) in [6.07, 6.45) is 0.297. The number of hydrogen-bond donors (Lipinski definition) is 2. The highest BCUT2D eigenvalue weighted by atomic mass is 32.2. The van der Waals surface area contributed by atoms with E-state index in [-0.39, 0.29) is 4.90 Å². The molecule has 0 fully saturated rings. The summed E-state index contributed by atoms with van der Waals surface area (Å²) in [5.74, 6) is -1.13. The lowest BCUT2D eigenvalue weighted by atomic mass is 10.3. The van der Waals surface area contributed by atoms with Crippen molar-refractivity contribution >= 4 is 27.6 Å². The third kappa shape index (κ3) is 5.66. The number of ether oxygens (including phenoxy) is 1. The van der Waals surface area contributed by atoms with Gasteiger partial charge in [-0.15, -0.1) is 0 Å². The number of amides is 1. The first-order chi connectivity index (χ1) is 10.1. The largest absolute Gasteiger partial charge is 0.449 e. The van der Waals surface area contributed by atoms with Crippen LogP contribution in [0.2, 0.25) is 0 Å². The van der Waals surface area contributed by atoms with Gasteiger partial charge in [-0.1, -0.05) is 5.57 Å². The van der Waals surface area contributed by atoms with Gasteiger partial charge >= 0.3 is 5.97 Å². The Morgan fingerprint density at radius 2 is 1.77 bits per heavy atom. The minimum Gasteiger partial charge on any atom is -0.449 e. The van der Waals surface area contributed by atoms with Gasteiger partial charge in [0.05, 0.1) is 4.90 Å². The van der Waals surface area contributed by atoms with Crippen LogP contribution in [0.4, 0.5) is 5.69 Å². The van der Waals surface area contributed by atoms with Crippen LogP contribution in [0.3, 0.4) is 0 Å². The molecule has 0 aliphatic carbocycles. The number of benzene rings is 1. The van der Waals surface area contributed by atoms with E-state index in [0.717, 1.165) is 5.57 Å². The van der Waals surface area contributed by atoms with Crippen molar-refractivity contribution in [3.05, 3.63) is 35.9 Å². The Morgan fingerprint density at radius 1 is 1.23 bits per heavy atom. The van der Waals surface area contributed by atoms with Gasteiger partial charge < -0.3 is 10.1 Å². The Hall–Kier alpha value is -2.19. The van der Waals surface area contributed by atoms with Crippen LogP contribution in [-0.2, 0) is 24.3 Å². The summed E-state index contributed by atoms with van der Waals surface area (Å²) in [5, 5.41) is 7.48. The van der Waals surface area contributed by atoms with Crippen molar-refractivity contribution in [3.8, 4) is 0 Å². The zero-order valence-electron chi connectivity index (χ0n) is 12.5. The summed E-state index contributed by atoms with van der Waals surface area (Å²) in [6.45, 7) is 4.91. The Kier molecular flexibility index (Phi) is 5.84. The van der Waals surface area contributed by atoms with Crippen molar-refractivity contribution in [2.75, 3.05) is 5.32 Å². The van der Waals surface area contributed by atoms with Gasteiger partial charge in [-0.3, -0.25) is 4.79 Å². The van der Waals surface area contributed by atoms with Gasteiger partial charge in [-0.2, -0.15) is 0 Å². The standard InChI is InChI=1S/C14H18N2O5S/c1-9(2)8-13(17)21-10(3)14(18)16-11-4-6-12(7-5-11)22(15,19)20/h4-8,10H,1-3H3,(H,16,18)(H2,15,19,20)/t10-/m1/s1. The third-order valence-electron chi connectivity index (χ3n) is 2.52. The Morgan fingerprint density at radius 3 is 2.23 bits per heavy atom. The lowest BCUT2D eigenvalue weighted by Gasteiger charge is -2.12. The smallest absolute Gasteiger partial charge is 0.331 e. The van der Waals surface area contributed by atoms with Gasteiger partial charge in [0, 0.05) is 11.8 Å². The molecule has 0 aromatic heterocycles. The molecule has 1 aromatic carbocycles.